The zero-order chi connectivity index (χ0) is 13.8. The number of hydrogen-bond donors (Lipinski definition) is 1. The van der Waals surface area contributed by atoms with Gasteiger partial charge < -0.3 is 10.1 Å². The fourth-order valence-corrected chi connectivity index (χ4v) is 2.82. The molecule has 106 valence electrons. The van der Waals surface area contributed by atoms with Crippen molar-refractivity contribution < 1.29 is 9.13 Å². The van der Waals surface area contributed by atoms with E-state index in [1.165, 1.54) is 6.07 Å². The molecular weight excluding hydrogens is 241 g/mol. The average Bonchev–Trinajstić information content (AvgIpc) is 2.80. The number of benzene rings is 1. The van der Waals surface area contributed by atoms with E-state index in [1.54, 1.807) is 6.07 Å². The van der Waals surface area contributed by atoms with Crippen LogP contribution in [-0.2, 0) is 11.2 Å². The fraction of sp³-hybridized carbons (Fsp3) is 0.625. The maximum Gasteiger partial charge on any atom is 0.123 e. The van der Waals surface area contributed by atoms with E-state index in [9.17, 15) is 4.39 Å². The van der Waals surface area contributed by atoms with Gasteiger partial charge in [0.1, 0.15) is 5.82 Å². The topological polar surface area (TPSA) is 21.3 Å². The van der Waals surface area contributed by atoms with Gasteiger partial charge in [0, 0.05) is 6.04 Å². The van der Waals surface area contributed by atoms with Crippen molar-refractivity contribution in [3.63, 3.8) is 0 Å². The monoisotopic (exact) mass is 265 g/mol. The Balaban J connectivity index is 2.09. The number of rotatable bonds is 5. The quantitative estimate of drug-likeness (QED) is 0.882. The predicted octanol–water partition coefficient (Wildman–Crippen LogP) is 3.22. The molecule has 0 bridgehead atoms. The van der Waals surface area contributed by atoms with Crippen LogP contribution in [0.25, 0.3) is 0 Å². The lowest BCUT2D eigenvalue weighted by molar-refractivity contribution is 0.0323. The molecule has 1 aliphatic heterocycles. The second kappa shape index (κ2) is 6.49. The van der Waals surface area contributed by atoms with E-state index in [1.807, 2.05) is 13.0 Å². The Morgan fingerprint density at radius 1 is 1.42 bits per heavy atom. The number of likely N-dealkylation sites (N-methyl/N-ethyl adjacent to an activating group) is 1. The highest BCUT2D eigenvalue weighted by Crippen LogP contribution is 2.24. The third-order valence-electron chi connectivity index (χ3n) is 3.93. The molecule has 2 nitrogen and oxygen atoms in total. The summed E-state index contributed by atoms with van der Waals surface area (Å²) in [5.74, 6) is -0.156. The lowest BCUT2D eigenvalue weighted by Crippen LogP contribution is -2.41. The molecule has 0 amide bonds. The largest absolute Gasteiger partial charge is 0.374 e. The van der Waals surface area contributed by atoms with Gasteiger partial charge in [0.25, 0.3) is 0 Å². The molecule has 1 saturated heterocycles. The summed E-state index contributed by atoms with van der Waals surface area (Å²) in [5.41, 5.74) is 2.23. The summed E-state index contributed by atoms with van der Waals surface area (Å²) in [6.45, 7) is 7.17. The molecule has 2 rings (SSSR count). The van der Waals surface area contributed by atoms with Gasteiger partial charge in [-0.25, -0.2) is 4.39 Å². The van der Waals surface area contributed by atoms with Crippen LogP contribution in [0.4, 0.5) is 4.39 Å². The number of hydrogen-bond acceptors (Lipinski definition) is 2. The summed E-state index contributed by atoms with van der Waals surface area (Å²) in [5, 5.41) is 3.49. The Bertz CT molecular complexity index is 421. The highest BCUT2D eigenvalue weighted by atomic mass is 19.1. The zero-order valence-electron chi connectivity index (χ0n) is 12.1. The Hall–Kier alpha value is -0.930. The summed E-state index contributed by atoms with van der Waals surface area (Å²) in [6, 6.07) is 5.30. The van der Waals surface area contributed by atoms with E-state index in [2.05, 4.69) is 19.2 Å². The molecule has 19 heavy (non-hydrogen) atoms. The maximum atomic E-state index is 13.4. The van der Waals surface area contributed by atoms with Crippen molar-refractivity contribution in [3.8, 4) is 0 Å². The zero-order valence-corrected chi connectivity index (χ0v) is 12.1. The summed E-state index contributed by atoms with van der Waals surface area (Å²) < 4.78 is 19.3. The van der Waals surface area contributed by atoms with Crippen molar-refractivity contribution in [1.82, 2.24) is 5.32 Å². The van der Waals surface area contributed by atoms with Gasteiger partial charge in [0.05, 0.1) is 12.2 Å². The van der Waals surface area contributed by atoms with E-state index >= 15 is 0 Å². The molecule has 1 aromatic rings. The van der Waals surface area contributed by atoms with Crippen LogP contribution in [0, 0.1) is 12.7 Å². The third-order valence-corrected chi connectivity index (χ3v) is 3.93. The van der Waals surface area contributed by atoms with Crippen LogP contribution in [0.3, 0.4) is 0 Å². The first-order valence-corrected chi connectivity index (χ1v) is 7.24. The number of ether oxygens (including phenoxy) is 1. The van der Waals surface area contributed by atoms with Gasteiger partial charge in [-0.1, -0.05) is 13.0 Å². The van der Waals surface area contributed by atoms with Gasteiger partial charge in [-0.3, -0.25) is 0 Å². The SMILES string of the molecule is CCNC(Cc1cc(F)ccc1C)C1CCC(C)O1. The highest BCUT2D eigenvalue weighted by Gasteiger charge is 2.29. The molecule has 0 radical (unpaired) electrons. The fourth-order valence-electron chi connectivity index (χ4n) is 2.82. The highest BCUT2D eigenvalue weighted by molar-refractivity contribution is 5.27. The summed E-state index contributed by atoms with van der Waals surface area (Å²) >= 11 is 0. The minimum atomic E-state index is -0.156. The first-order chi connectivity index (χ1) is 9.10. The van der Waals surface area contributed by atoms with Gasteiger partial charge in [-0.15, -0.1) is 0 Å². The van der Waals surface area contributed by atoms with Crippen molar-refractivity contribution >= 4 is 0 Å². The first-order valence-electron chi connectivity index (χ1n) is 7.24. The van der Waals surface area contributed by atoms with Crippen LogP contribution in [-0.4, -0.2) is 24.8 Å². The van der Waals surface area contributed by atoms with Crippen LogP contribution in [0.1, 0.15) is 37.8 Å². The molecule has 0 aromatic heterocycles. The Kier molecular flexibility index (Phi) is 4.94. The van der Waals surface area contributed by atoms with Crippen LogP contribution in [0.2, 0.25) is 0 Å². The molecule has 0 spiro atoms. The van der Waals surface area contributed by atoms with Crippen LogP contribution >= 0.6 is 0 Å². The average molecular weight is 265 g/mol. The first kappa shape index (κ1) is 14.5. The second-order valence-corrected chi connectivity index (χ2v) is 5.50. The van der Waals surface area contributed by atoms with Gasteiger partial charge >= 0.3 is 0 Å². The van der Waals surface area contributed by atoms with E-state index in [0.717, 1.165) is 36.9 Å². The van der Waals surface area contributed by atoms with Crippen LogP contribution < -0.4 is 5.32 Å². The maximum absolute atomic E-state index is 13.4. The molecule has 3 unspecified atom stereocenters. The van der Waals surface area contributed by atoms with Crippen molar-refractivity contribution in [2.24, 2.45) is 0 Å². The Morgan fingerprint density at radius 2 is 2.21 bits per heavy atom. The molecule has 3 heteroatoms. The summed E-state index contributed by atoms with van der Waals surface area (Å²) in [6.07, 6.45) is 3.63. The van der Waals surface area contributed by atoms with Gasteiger partial charge in [-0.2, -0.15) is 0 Å². The molecule has 0 aliphatic carbocycles. The molecule has 1 N–H and O–H groups in total. The third kappa shape index (κ3) is 3.77. The van der Waals surface area contributed by atoms with Gasteiger partial charge in [0.2, 0.25) is 0 Å². The van der Waals surface area contributed by atoms with Gasteiger partial charge in [-0.05, 0) is 62.9 Å². The molecule has 1 aromatic carbocycles. The van der Waals surface area contributed by atoms with E-state index in [0.29, 0.717) is 6.10 Å². The minimum Gasteiger partial charge on any atom is -0.374 e. The van der Waals surface area contributed by atoms with E-state index in [-0.39, 0.29) is 18.0 Å². The molecule has 3 atom stereocenters. The number of nitrogens with one attached hydrogen (secondary N) is 1. The number of halogens is 1. The molecule has 0 saturated carbocycles. The van der Waals surface area contributed by atoms with Crippen molar-refractivity contribution in [3.05, 3.63) is 35.1 Å². The van der Waals surface area contributed by atoms with E-state index in [4.69, 9.17) is 4.74 Å². The lowest BCUT2D eigenvalue weighted by atomic mass is 9.96. The summed E-state index contributed by atoms with van der Waals surface area (Å²) in [7, 11) is 0. The molecule has 1 aliphatic rings. The van der Waals surface area contributed by atoms with Crippen molar-refractivity contribution in [1.29, 1.82) is 0 Å². The smallest absolute Gasteiger partial charge is 0.123 e. The predicted molar refractivity (Wildman–Crippen MR) is 75.9 cm³/mol. The normalized spacial score (nSPS) is 24.6. The van der Waals surface area contributed by atoms with Crippen LogP contribution in [0.15, 0.2) is 18.2 Å². The van der Waals surface area contributed by atoms with Crippen molar-refractivity contribution in [2.45, 2.75) is 58.3 Å². The minimum absolute atomic E-state index is 0.156. The number of aryl methyl sites for hydroxylation is 1. The Labute approximate surface area is 115 Å². The van der Waals surface area contributed by atoms with E-state index < -0.39 is 0 Å². The lowest BCUT2D eigenvalue weighted by Gasteiger charge is -2.25. The second-order valence-electron chi connectivity index (χ2n) is 5.50. The molecule has 1 heterocycles. The summed E-state index contributed by atoms with van der Waals surface area (Å²) in [4.78, 5) is 0. The van der Waals surface area contributed by atoms with Crippen LogP contribution in [0.5, 0.6) is 0 Å². The van der Waals surface area contributed by atoms with Crippen molar-refractivity contribution in [2.75, 3.05) is 6.54 Å². The molecule has 1 fully saturated rings. The Morgan fingerprint density at radius 3 is 2.84 bits per heavy atom. The standard InChI is InChI=1S/C16H24FNO/c1-4-18-15(16-8-6-12(3)19-16)10-13-9-14(17)7-5-11(13)2/h5,7,9,12,15-16,18H,4,6,8,10H2,1-3H3. The molecular formula is C16H24FNO. The van der Waals surface area contributed by atoms with Gasteiger partial charge in [0.15, 0.2) is 0 Å².